The van der Waals surface area contributed by atoms with Gasteiger partial charge in [-0.15, -0.1) is 0 Å². The van der Waals surface area contributed by atoms with Gasteiger partial charge in [0.15, 0.2) is 0 Å². The fourth-order valence-electron chi connectivity index (χ4n) is 5.54. The monoisotopic (exact) mass is 414 g/mol. The molecule has 1 amide bonds. The van der Waals surface area contributed by atoms with Crippen LogP contribution in [0.1, 0.15) is 67.3 Å². The second-order valence-electron chi connectivity index (χ2n) is 9.52. The van der Waals surface area contributed by atoms with Gasteiger partial charge in [0.1, 0.15) is 5.56 Å². The van der Waals surface area contributed by atoms with Crippen LogP contribution in [0, 0.1) is 12.8 Å². The molecule has 2 aliphatic heterocycles. The normalized spacial score (nSPS) is 24.6. The summed E-state index contributed by atoms with van der Waals surface area (Å²) in [6.07, 6.45) is 11.8. The van der Waals surface area contributed by atoms with Crippen LogP contribution in [0.25, 0.3) is 0 Å². The molecule has 1 unspecified atom stereocenters. The summed E-state index contributed by atoms with van der Waals surface area (Å²) in [4.78, 5) is 31.2. The molecule has 3 aliphatic rings. The van der Waals surface area contributed by atoms with Crippen molar-refractivity contribution in [3.05, 3.63) is 33.7 Å². The highest BCUT2D eigenvalue weighted by atomic mass is 16.2. The molecule has 30 heavy (non-hydrogen) atoms. The van der Waals surface area contributed by atoms with E-state index in [1.165, 1.54) is 32.1 Å². The number of nitrogens with zero attached hydrogens (tertiary/aromatic N) is 3. The summed E-state index contributed by atoms with van der Waals surface area (Å²) in [7, 11) is 0. The number of piperidine rings is 1. The van der Waals surface area contributed by atoms with E-state index in [0.29, 0.717) is 24.1 Å². The van der Waals surface area contributed by atoms with E-state index >= 15 is 0 Å². The lowest BCUT2D eigenvalue weighted by Crippen LogP contribution is -2.42. The standard InChI is InChI=1S/C24H38N4O2/c1-19-10-14-28(18-20-7-5-11-25-17-20)24(30)22(19)23(29)27-13-6-12-26(15-16-27)21-8-3-2-4-9-21/h10,14,20-21,25H,2-9,11-13,15-18H2,1H3. The highest BCUT2D eigenvalue weighted by molar-refractivity contribution is 5.95. The Morgan fingerprint density at radius 3 is 2.63 bits per heavy atom. The van der Waals surface area contributed by atoms with E-state index in [4.69, 9.17) is 0 Å². The van der Waals surface area contributed by atoms with Gasteiger partial charge in [0.25, 0.3) is 11.5 Å². The number of carbonyl (C=O) groups excluding carboxylic acids is 1. The molecule has 6 heteroatoms. The molecule has 0 bridgehead atoms. The van der Waals surface area contributed by atoms with Crippen molar-refractivity contribution in [1.29, 1.82) is 0 Å². The fourth-order valence-corrected chi connectivity index (χ4v) is 5.54. The molecule has 4 rings (SSSR count). The average molecular weight is 415 g/mol. The van der Waals surface area contributed by atoms with E-state index in [2.05, 4.69) is 10.2 Å². The lowest BCUT2D eigenvalue weighted by molar-refractivity contribution is 0.0751. The zero-order valence-corrected chi connectivity index (χ0v) is 18.6. The van der Waals surface area contributed by atoms with Gasteiger partial charge in [0, 0.05) is 45.0 Å². The number of amides is 1. The molecule has 3 heterocycles. The molecule has 0 aromatic carbocycles. The summed E-state index contributed by atoms with van der Waals surface area (Å²) in [6.45, 7) is 8.10. The largest absolute Gasteiger partial charge is 0.337 e. The van der Waals surface area contributed by atoms with Crippen LogP contribution in [-0.2, 0) is 6.54 Å². The van der Waals surface area contributed by atoms with Crippen molar-refractivity contribution < 1.29 is 4.79 Å². The molecular formula is C24H38N4O2. The lowest BCUT2D eigenvalue weighted by Gasteiger charge is -2.33. The van der Waals surface area contributed by atoms with Crippen LogP contribution >= 0.6 is 0 Å². The molecule has 1 aromatic heterocycles. The number of rotatable bonds is 4. The van der Waals surface area contributed by atoms with Crippen molar-refractivity contribution in [3.63, 3.8) is 0 Å². The molecule has 1 saturated carbocycles. The molecule has 6 nitrogen and oxygen atoms in total. The molecule has 3 fully saturated rings. The molecule has 0 radical (unpaired) electrons. The van der Waals surface area contributed by atoms with Crippen molar-refractivity contribution in [1.82, 2.24) is 19.7 Å². The van der Waals surface area contributed by atoms with Gasteiger partial charge in [0.05, 0.1) is 0 Å². The Kier molecular flexibility index (Phi) is 7.26. The summed E-state index contributed by atoms with van der Waals surface area (Å²) in [5, 5.41) is 3.42. The highest BCUT2D eigenvalue weighted by Gasteiger charge is 2.28. The predicted octanol–water partition coefficient (Wildman–Crippen LogP) is 2.64. The van der Waals surface area contributed by atoms with Crippen molar-refractivity contribution in [3.8, 4) is 0 Å². The lowest BCUT2D eigenvalue weighted by atomic mass is 9.94. The maximum Gasteiger partial charge on any atom is 0.263 e. The van der Waals surface area contributed by atoms with Crippen LogP contribution in [0.3, 0.4) is 0 Å². The van der Waals surface area contributed by atoms with Crippen molar-refractivity contribution in [2.24, 2.45) is 5.92 Å². The first-order valence-corrected chi connectivity index (χ1v) is 12.1. The summed E-state index contributed by atoms with van der Waals surface area (Å²) in [5.41, 5.74) is 1.07. The molecule has 2 saturated heterocycles. The summed E-state index contributed by atoms with van der Waals surface area (Å²) in [5.74, 6) is 0.392. The number of carbonyl (C=O) groups is 1. The zero-order valence-electron chi connectivity index (χ0n) is 18.6. The molecule has 0 spiro atoms. The van der Waals surface area contributed by atoms with Crippen LogP contribution in [0.4, 0.5) is 0 Å². The van der Waals surface area contributed by atoms with Gasteiger partial charge in [0.2, 0.25) is 0 Å². The number of aryl methyl sites for hydroxylation is 1. The maximum atomic E-state index is 13.4. The Labute approximate surface area is 180 Å². The van der Waals surface area contributed by atoms with Gasteiger partial charge in [-0.2, -0.15) is 0 Å². The van der Waals surface area contributed by atoms with E-state index < -0.39 is 0 Å². The van der Waals surface area contributed by atoms with E-state index in [1.54, 1.807) is 4.57 Å². The number of pyridine rings is 1. The SMILES string of the molecule is Cc1ccn(CC2CCCNC2)c(=O)c1C(=O)N1CCCN(C2CCCCC2)CC1. The highest BCUT2D eigenvalue weighted by Crippen LogP contribution is 2.24. The quantitative estimate of drug-likeness (QED) is 0.823. The predicted molar refractivity (Wildman–Crippen MR) is 120 cm³/mol. The van der Waals surface area contributed by atoms with Crippen LogP contribution < -0.4 is 10.9 Å². The zero-order chi connectivity index (χ0) is 20.9. The summed E-state index contributed by atoms with van der Waals surface area (Å²) in [6, 6.07) is 2.63. The van der Waals surface area contributed by atoms with Crippen molar-refractivity contribution in [2.45, 2.75) is 70.9 Å². The second-order valence-corrected chi connectivity index (χ2v) is 9.52. The number of hydrogen-bond acceptors (Lipinski definition) is 4. The van der Waals surface area contributed by atoms with Gasteiger partial charge in [-0.05, 0) is 69.7 Å². The van der Waals surface area contributed by atoms with E-state index in [-0.39, 0.29) is 11.5 Å². The fraction of sp³-hybridized carbons (Fsp3) is 0.750. The first-order valence-electron chi connectivity index (χ1n) is 12.1. The van der Waals surface area contributed by atoms with Crippen LogP contribution in [0.2, 0.25) is 0 Å². The Morgan fingerprint density at radius 2 is 1.87 bits per heavy atom. The van der Waals surface area contributed by atoms with Crippen molar-refractivity contribution >= 4 is 5.91 Å². The van der Waals surface area contributed by atoms with Gasteiger partial charge < -0.3 is 14.8 Å². The summed E-state index contributed by atoms with van der Waals surface area (Å²) >= 11 is 0. The van der Waals surface area contributed by atoms with E-state index in [0.717, 1.165) is 64.1 Å². The van der Waals surface area contributed by atoms with Crippen LogP contribution in [0.15, 0.2) is 17.1 Å². The maximum absolute atomic E-state index is 13.4. The Bertz CT molecular complexity index is 778. The van der Waals surface area contributed by atoms with E-state index in [1.807, 2.05) is 24.1 Å². The minimum Gasteiger partial charge on any atom is -0.337 e. The topological polar surface area (TPSA) is 57.6 Å². The molecule has 1 N–H and O–H groups in total. The van der Waals surface area contributed by atoms with Gasteiger partial charge in [-0.1, -0.05) is 19.3 Å². The summed E-state index contributed by atoms with van der Waals surface area (Å²) < 4.78 is 1.77. The number of nitrogens with one attached hydrogen (secondary N) is 1. The van der Waals surface area contributed by atoms with Crippen LogP contribution in [0.5, 0.6) is 0 Å². The molecule has 1 aromatic rings. The third-order valence-electron chi connectivity index (χ3n) is 7.35. The Morgan fingerprint density at radius 1 is 1.03 bits per heavy atom. The second kappa shape index (κ2) is 10.1. The van der Waals surface area contributed by atoms with Crippen molar-refractivity contribution in [2.75, 3.05) is 39.3 Å². The first kappa shape index (κ1) is 21.6. The van der Waals surface area contributed by atoms with Gasteiger partial charge in [-0.3, -0.25) is 14.5 Å². The third-order valence-corrected chi connectivity index (χ3v) is 7.35. The molecular weight excluding hydrogens is 376 g/mol. The third kappa shape index (κ3) is 4.97. The first-order chi connectivity index (χ1) is 14.6. The van der Waals surface area contributed by atoms with Crippen LogP contribution in [-0.4, -0.2) is 65.6 Å². The van der Waals surface area contributed by atoms with Gasteiger partial charge in [-0.25, -0.2) is 0 Å². The molecule has 166 valence electrons. The Hall–Kier alpha value is -1.66. The molecule has 1 atom stereocenters. The number of hydrogen-bond donors (Lipinski definition) is 1. The van der Waals surface area contributed by atoms with Gasteiger partial charge >= 0.3 is 0 Å². The number of aromatic nitrogens is 1. The molecule has 1 aliphatic carbocycles. The smallest absolute Gasteiger partial charge is 0.263 e. The minimum atomic E-state index is -0.112. The van der Waals surface area contributed by atoms with E-state index in [9.17, 15) is 9.59 Å². The minimum absolute atomic E-state index is 0.0703. The Balaban J connectivity index is 1.45. The average Bonchev–Trinajstić information content (AvgIpc) is 3.03.